The number of benzene rings is 1. The summed E-state index contributed by atoms with van der Waals surface area (Å²) >= 11 is 0. The summed E-state index contributed by atoms with van der Waals surface area (Å²) in [5.74, 6) is 0.406. The highest BCUT2D eigenvalue weighted by molar-refractivity contribution is 5.87. The molecule has 18 heavy (non-hydrogen) atoms. The molecule has 1 aliphatic rings. The molecule has 3 nitrogen and oxygen atoms in total. The highest BCUT2D eigenvalue weighted by atomic mass is 16.5. The van der Waals surface area contributed by atoms with Crippen LogP contribution in [0.2, 0.25) is 0 Å². The Labute approximate surface area is 108 Å². The first kappa shape index (κ1) is 12.8. The second-order valence-electron chi connectivity index (χ2n) is 4.64. The summed E-state index contributed by atoms with van der Waals surface area (Å²) in [4.78, 5) is 11.5. The predicted octanol–water partition coefficient (Wildman–Crippen LogP) is 2.46. The van der Waals surface area contributed by atoms with Gasteiger partial charge in [0.15, 0.2) is 0 Å². The van der Waals surface area contributed by atoms with Crippen molar-refractivity contribution in [1.82, 2.24) is 5.32 Å². The summed E-state index contributed by atoms with van der Waals surface area (Å²) in [7, 11) is 0. The molecule has 2 atom stereocenters. The first-order valence-electron chi connectivity index (χ1n) is 6.35. The minimum absolute atomic E-state index is 0.0448. The molecular formula is C15H19NO2. The normalized spacial score (nSPS) is 20.3. The van der Waals surface area contributed by atoms with Crippen molar-refractivity contribution in [2.24, 2.45) is 5.92 Å². The largest absolute Gasteiger partial charge is 0.381 e. The highest BCUT2D eigenvalue weighted by Crippen LogP contribution is 2.26. The van der Waals surface area contributed by atoms with E-state index in [9.17, 15) is 4.79 Å². The molecule has 1 saturated heterocycles. The highest BCUT2D eigenvalue weighted by Gasteiger charge is 2.22. The number of carbonyl (C=O) groups excluding carboxylic acids is 1. The van der Waals surface area contributed by atoms with Crippen LogP contribution in [-0.4, -0.2) is 19.1 Å². The minimum Gasteiger partial charge on any atom is -0.381 e. The zero-order valence-corrected chi connectivity index (χ0v) is 10.5. The van der Waals surface area contributed by atoms with E-state index < -0.39 is 0 Å². The number of nitrogens with one attached hydrogen (secondary N) is 1. The van der Waals surface area contributed by atoms with Crippen LogP contribution in [0.25, 0.3) is 0 Å². The molecule has 0 spiro atoms. The first-order chi connectivity index (χ1) is 8.79. The maximum atomic E-state index is 11.5. The summed E-state index contributed by atoms with van der Waals surface area (Å²) in [6.07, 6.45) is 3.32. The number of hydrogen-bond donors (Lipinski definition) is 1. The van der Waals surface area contributed by atoms with E-state index in [1.54, 1.807) is 0 Å². The molecule has 0 bridgehead atoms. The Bertz CT molecular complexity index is 396. The van der Waals surface area contributed by atoms with Crippen molar-refractivity contribution in [2.45, 2.75) is 18.9 Å². The number of ether oxygens (including phenoxy) is 1. The van der Waals surface area contributed by atoms with Crippen LogP contribution in [0.4, 0.5) is 0 Å². The van der Waals surface area contributed by atoms with Crippen molar-refractivity contribution in [1.29, 1.82) is 0 Å². The molecule has 1 fully saturated rings. The van der Waals surface area contributed by atoms with Gasteiger partial charge in [0.25, 0.3) is 0 Å². The Kier molecular flexibility index (Phi) is 4.53. The van der Waals surface area contributed by atoms with Crippen molar-refractivity contribution < 1.29 is 9.53 Å². The van der Waals surface area contributed by atoms with Gasteiger partial charge in [-0.15, -0.1) is 0 Å². The second-order valence-corrected chi connectivity index (χ2v) is 4.64. The van der Waals surface area contributed by atoms with Crippen LogP contribution < -0.4 is 5.32 Å². The molecule has 3 heteroatoms. The molecule has 0 aromatic heterocycles. The monoisotopic (exact) mass is 245 g/mol. The lowest BCUT2D eigenvalue weighted by molar-refractivity contribution is -0.117. The molecule has 96 valence electrons. The standard InChI is InChI=1S/C15H19NO2/c1-2-15(17)16-14(10-12-8-9-18-11-12)13-6-4-3-5-7-13/h2-7,12,14H,1,8-11H2,(H,16,17). The van der Waals surface area contributed by atoms with Crippen LogP contribution in [0.5, 0.6) is 0 Å². The van der Waals surface area contributed by atoms with Crippen LogP contribution >= 0.6 is 0 Å². The van der Waals surface area contributed by atoms with Gasteiger partial charge in [0, 0.05) is 13.2 Å². The third-order valence-electron chi connectivity index (χ3n) is 3.30. The van der Waals surface area contributed by atoms with E-state index in [-0.39, 0.29) is 11.9 Å². The maximum Gasteiger partial charge on any atom is 0.243 e. The van der Waals surface area contributed by atoms with E-state index >= 15 is 0 Å². The molecule has 1 aliphatic heterocycles. The van der Waals surface area contributed by atoms with Crippen LogP contribution in [0, 0.1) is 5.92 Å². The minimum atomic E-state index is -0.122. The molecule has 0 aliphatic carbocycles. The Morgan fingerprint density at radius 2 is 2.28 bits per heavy atom. The topological polar surface area (TPSA) is 38.3 Å². The number of hydrogen-bond acceptors (Lipinski definition) is 2. The zero-order chi connectivity index (χ0) is 12.8. The van der Waals surface area contributed by atoms with Gasteiger partial charge in [-0.05, 0) is 30.4 Å². The third kappa shape index (κ3) is 3.44. The van der Waals surface area contributed by atoms with Gasteiger partial charge >= 0.3 is 0 Å². The van der Waals surface area contributed by atoms with Crippen LogP contribution in [-0.2, 0) is 9.53 Å². The van der Waals surface area contributed by atoms with E-state index in [1.165, 1.54) is 6.08 Å². The molecule has 1 amide bonds. The maximum absolute atomic E-state index is 11.5. The zero-order valence-electron chi connectivity index (χ0n) is 10.5. The molecule has 1 heterocycles. The number of amides is 1. The fraction of sp³-hybridized carbons (Fsp3) is 0.400. The molecule has 1 aromatic carbocycles. The van der Waals surface area contributed by atoms with E-state index in [1.807, 2.05) is 30.3 Å². The van der Waals surface area contributed by atoms with Crippen molar-refractivity contribution in [3.8, 4) is 0 Å². The Hall–Kier alpha value is -1.61. The molecule has 1 N–H and O–H groups in total. The van der Waals surface area contributed by atoms with Gasteiger partial charge in [0.2, 0.25) is 5.91 Å². The molecule has 0 radical (unpaired) electrons. The fourth-order valence-electron chi connectivity index (χ4n) is 2.30. The van der Waals surface area contributed by atoms with Gasteiger partial charge in [-0.3, -0.25) is 4.79 Å². The SMILES string of the molecule is C=CC(=O)NC(CC1CCOC1)c1ccccc1. The van der Waals surface area contributed by atoms with Crippen LogP contribution in [0.15, 0.2) is 43.0 Å². The Balaban J connectivity index is 2.06. The van der Waals surface area contributed by atoms with Crippen molar-refractivity contribution >= 4 is 5.91 Å². The van der Waals surface area contributed by atoms with Gasteiger partial charge < -0.3 is 10.1 Å². The predicted molar refractivity (Wildman–Crippen MR) is 71.1 cm³/mol. The van der Waals surface area contributed by atoms with E-state index in [2.05, 4.69) is 11.9 Å². The molecular weight excluding hydrogens is 226 g/mol. The smallest absolute Gasteiger partial charge is 0.243 e. The third-order valence-corrected chi connectivity index (χ3v) is 3.30. The van der Waals surface area contributed by atoms with Gasteiger partial charge in [-0.25, -0.2) is 0 Å². The quantitative estimate of drug-likeness (QED) is 0.809. The van der Waals surface area contributed by atoms with E-state index in [0.717, 1.165) is 31.6 Å². The average Bonchev–Trinajstić information content (AvgIpc) is 2.92. The number of rotatable bonds is 5. The van der Waals surface area contributed by atoms with Crippen molar-refractivity contribution in [3.63, 3.8) is 0 Å². The Morgan fingerprint density at radius 1 is 1.50 bits per heavy atom. The van der Waals surface area contributed by atoms with E-state index in [4.69, 9.17) is 4.74 Å². The molecule has 0 saturated carbocycles. The molecule has 1 aromatic rings. The van der Waals surface area contributed by atoms with Crippen molar-refractivity contribution in [2.75, 3.05) is 13.2 Å². The number of carbonyl (C=O) groups is 1. The second kappa shape index (κ2) is 6.36. The fourth-order valence-corrected chi connectivity index (χ4v) is 2.30. The molecule has 2 rings (SSSR count). The summed E-state index contributed by atoms with van der Waals surface area (Å²) in [6.45, 7) is 5.14. The van der Waals surface area contributed by atoms with Crippen LogP contribution in [0.1, 0.15) is 24.4 Å². The first-order valence-corrected chi connectivity index (χ1v) is 6.35. The summed E-state index contributed by atoms with van der Waals surface area (Å²) in [6, 6.07) is 10.1. The summed E-state index contributed by atoms with van der Waals surface area (Å²) < 4.78 is 5.39. The average molecular weight is 245 g/mol. The van der Waals surface area contributed by atoms with E-state index in [0.29, 0.717) is 5.92 Å². The van der Waals surface area contributed by atoms with Gasteiger partial charge in [-0.2, -0.15) is 0 Å². The Morgan fingerprint density at radius 3 is 2.89 bits per heavy atom. The van der Waals surface area contributed by atoms with Crippen LogP contribution in [0.3, 0.4) is 0 Å². The van der Waals surface area contributed by atoms with Gasteiger partial charge in [0.05, 0.1) is 6.04 Å². The van der Waals surface area contributed by atoms with Crippen molar-refractivity contribution in [3.05, 3.63) is 48.6 Å². The molecule has 2 unspecified atom stereocenters. The summed E-state index contributed by atoms with van der Waals surface area (Å²) in [5.41, 5.74) is 1.14. The lowest BCUT2D eigenvalue weighted by Gasteiger charge is -2.21. The lowest BCUT2D eigenvalue weighted by atomic mass is 9.94. The lowest BCUT2D eigenvalue weighted by Crippen LogP contribution is -2.28. The van der Waals surface area contributed by atoms with Gasteiger partial charge in [0.1, 0.15) is 0 Å². The summed E-state index contributed by atoms with van der Waals surface area (Å²) in [5, 5.41) is 3.00. The van der Waals surface area contributed by atoms with Gasteiger partial charge in [-0.1, -0.05) is 36.9 Å².